The Bertz CT molecular complexity index is 2830. The lowest BCUT2D eigenvalue weighted by Crippen LogP contribution is -2.37. The van der Waals surface area contributed by atoms with Crippen molar-refractivity contribution in [3.63, 3.8) is 0 Å². The molecule has 10 rings (SSSR count). The molecule has 4 nitrogen and oxygen atoms in total. The van der Waals surface area contributed by atoms with Crippen LogP contribution in [0.3, 0.4) is 0 Å². The smallest absolute Gasteiger partial charge is 0.165 e. The largest absolute Gasteiger partial charge is 0.502 e. The first-order valence-corrected chi connectivity index (χ1v) is 18.2. The fraction of sp³-hybridized carbons (Fsp3) is 0.0217. The molecule has 244 valence electrons. The van der Waals surface area contributed by atoms with Crippen LogP contribution in [0.5, 0.6) is 5.75 Å². The Morgan fingerprint density at radius 1 is 0.434 bits per heavy atom. The predicted octanol–water partition coefficient (Wildman–Crippen LogP) is 11.1. The van der Waals surface area contributed by atoms with E-state index in [0.717, 1.165) is 60.3 Å². The minimum absolute atomic E-state index is 0.596. The van der Waals surface area contributed by atoms with Gasteiger partial charge in [-0.05, 0) is 51.6 Å². The highest BCUT2D eigenvalue weighted by atomic mass is 32.1. The fourth-order valence-corrected chi connectivity index (χ4v) is 8.54. The molecule has 2 aromatic heterocycles. The molecule has 0 saturated heterocycles. The van der Waals surface area contributed by atoms with Crippen LogP contribution in [0.1, 0.15) is 5.56 Å². The summed E-state index contributed by atoms with van der Waals surface area (Å²) in [6, 6.07) is 55.9. The van der Waals surface area contributed by atoms with E-state index in [-0.39, 0.29) is 0 Å². The van der Waals surface area contributed by atoms with Gasteiger partial charge in [-0.3, -0.25) is 0 Å². The second-order valence-corrected chi connectivity index (χ2v) is 14.3. The van der Waals surface area contributed by atoms with E-state index in [1.54, 1.807) is 11.3 Å². The highest BCUT2D eigenvalue weighted by molar-refractivity contribution is 7.26. The van der Waals surface area contributed by atoms with Crippen molar-refractivity contribution in [1.29, 1.82) is 0 Å². The Labute approximate surface area is 313 Å². The van der Waals surface area contributed by atoms with Gasteiger partial charge in [-0.1, -0.05) is 146 Å². The molecule has 0 saturated carbocycles. The molecule has 0 N–H and O–H groups in total. The first-order valence-electron chi connectivity index (χ1n) is 17.4. The molecular formula is C46H27B2N3OS. The fourth-order valence-electron chi connectivity index (χ4n) is 7.33. The Balaban J connectivity index is 1.11. The van der Waals surface area contributed by atoms with Crippen LogP contribution in [0.4, 0.5) is 0 Å². The van der Waals surface area contributed by atoms with Crippen LogP contribution < -0.4 is 4.74 Å². The van der Waals surface area contributed by atoms with E-state index >= 15 is 0 Å². The summed E-state index contributed by atoms with van der Waals surface area (Å²) < 4.78 is 8.40. The van der Waals surface area contributed by atoms with E-state index in [2.05, 4.69) is 121 Å². The highest BCUT2D eigenvalue weighted by Crippen LogP contribution is 2.47. The molecule has 4 radical (unpaired) electrons. The third-order valence-electron chi connectivity index (χ3n) is 9.91. The van der Waals surface area contributed by atoms with Gasteiger partial charge < -0.3 is 4.74 Å². The molecule has 0 bridgehead atoms. The van der Waals surface area contributed by atoms with Crippen LogP contribution in [0, 0.1) is 0 Å². The molecule has 7 heteroatoms. The van der Waals surface area contributed by atoms with E-state index in [9.17, 15) is 0 Å². The summed E-state index contributed by atoms with van der Waals surface area (Å²) in [5.74, 6) is 2.50. The third kappa shape index (κ3) is 5.44. The van der Waals surface area contributed by atoms with Crippen LogP contribution in [0.25, 0.3) is 87.7 Å². The maximum Gasteiger partial charge on any atom is 0.165 e. The Hall–Kier alpha value is -6.30. The molecule has 7 aromatic carbocycles. The summed E-state index contributed by atoms with van der Waals surface area (Å²) in [7, 11) is 13.0. The first-order chi connectivity index (χ1) is 26.0. The zero-order chi connectivity index (χ0) is 35.5. The molecule has 9 aromatic rings. The molecule has 0 spiro atoms. The third-order valence-corrected chi connectivity index (χ3v) is 11.1. The quantitative estimate of drug-likeness (QED) is 0.169. The second kappa shape index (κ2) is 12.4. The van der Waals surface area contributed by atoms with Gasteiger partial charge >= 0.3 is 0 Å². The number of thiophene rings is 1. The normalized spacial score (nSPS) is 13.0. The molecular weight excluding hydrogens is 664 g/mol. The van der Waals surface area contributed by atoms with E-state index in [1.807, 2.05) is 42.5 Å². The number of fused-ring (bicyclic) bond motifs is 6. The summed E-state index contributed by atoms with van der Waals surface area (Å²) in [5, 5.41) is 0.975. The standard InChI is InChI=1S/C46H27B2N3OS/c47-46(48)38-17-9-14-33(41(38)36-13-4-6-18-39(36)52-46)30-22-26-32(27-23-30)44-49-43(31-24-20-29(21-25-31)28-10-2-1-3-11-28)50-45(51-44)37-16-8-15-35-34-12-5-7-19-40(34)53-42(35)37/h1-27H. The van der Waals surface area contributed by atoms with Crippen LogP contribution in [-0.4, -0.2) is 30.6 Å². The lowest BCUT2D eigenvalue weighted by Gasteiger charge is -2.37. The van der Waals surface area contributed by atoms with Crippen LogP contribution in [0.15, 0.2) is 164 Å². The van der Waals surface area contributed by atoms with E-state index in [1.165, 1.54) is 15.5 Å². The Morgan fingerprint density at radius 3 is 1.75 bits per heavy atom. The number of para-hydroxylation sites is 1. The van der Waals surface area contributed by atoms with Crippen molar-refractivity contribution < 1.29 is 4.74 Å². The highest BCUT2D eigenvalue weighted by Gasteiger charge is 2.33. The summed E-state index contributed by atoms with van der Waals surface area (Å²) in [6.45, 7) is 0. The van der Waals surface area contributed by atoms with Crippen LogP contribution in [-0.2, 0) is 5.40 Å². The number of nitrogens with zero attached hydrogens (tertiary/aromatic N) is 3. The first kappa shape index (κ1) is 31.4. The van der Waals surface area contributed by atoms with Gasteiger partial charge in [-0.15, -0.1) is 11.3 Å². The molecule has 1 aliphatic heterocycles. The lowest BCUT2D eigenvalue weighted by atomic mass is 9.58. The van der Waals surface area contributed by atoms with Gasteiger partial charge in [0.2, 0.25) is 0 Å². The van der Waals surface area contributed by atoms with Gasteiger partial charge in [-0.25, -0.2) is 15.0 Å². The Kier molecular flexibility index (Phi) is 7.37. The van der Waals surface area contributed by atoms with Gasteiger partial charge in [0.1, 0.15) is 21.4 Å². The molecule has 0 unspecified atom stereocenters. The van der Waals surface area contributed by atoms with Gasteiger partial charge in [0.05, 0.1) is 5.40 Å². The maximum atomic E-state index is 6.50. The van der Waals surface area contributed by atoms with E-state index in [0.29, 0.717) is 23.2 Å². The summed E-state index contributed by atoms with van der Waals surface area (Å²) in [5.41, 5.74) is 9.74. The van der Waals surface area contributed by atoms with Gasteiger partial charge in [0.25, 0.3) is 0 Å². The summed E-state index contributed by atoms with van der Waals surface area (Å²) in [4.78, 5) is 15.3. The average molecular weight is 691 g/mol. The van der Waals surface area contributed by atoms with Crippen molar-refractivity contribution in [1.82, 2.24) is 15.0 Å². The molecule has 0 aliphatic carbocycles. The van der Waals surface area contributed by atoms with Gasteiger partial charge in [0, 0.05) is 42.4 Å². The number of rotatable bonds is 5. The zero-order valence-corrected chi connectivity index (χ0v) is 29.2. The van der Waals surface area contributed by atoms with Crippen molar-refractivity contribution in [3.05, 3.63) is 169 Å². The van der Waals surface area contributed by atoms with Crippen LogP contribution >= 0.6 is 11.3 Å². The topological polar surface area (TPSA) is 47.9 Å². The number of hydrogen-bond donors (Lipinski definition) is 0. The lowest BCUT2D eigenvalue weighted by molar-refractivity contribution is 0.241. The second-order valence-electron chi connectivity index (χ2n) is 13.2. The number of aromatic nitrogens is 3. The molecule has 0 amide bonds. The van der Waals surface area contributed by atoms with Crippen molar-refractivity contribution in [2.75, 3.05) is 0 Å². The molecule has 0 fully saturated rings. The number of ether oxygens (including phenoxy) is 1. The molecule has 1 aliphatic rings. The molecule has 3 heterocycles. The average Bonchev–Trinajstić information content (AvgIpc) is 3.60. The SMILES string of the molecule is [B]C1([B])Oc2ccccc2-c2c(-c3ccc(-c4nc(-c5ccc(-c6ccccc6)cc5)nc(-c5cccc6c5sc5ccccc56)n4)cc3)cccc21. The number of benzene rings is 7. The molecule has 53 heavy (non-hydrogen) atoms. The van der Waals surface area contributed by atoms with Crippen LogP contribution in [0.2, 0.25) is 0 Å². The maximum absolute atomic E-state index is 6.50. The van der Waals surface area contributed by atoms with E-state index in [4.69, 9.17) is 35.4 Å². The zero-order valence-electron chi connectivity index (χ0n) is 28.4. The van der Waals surface area contributed by atoms with Crippen molar-refractivity contribution in [2.24, 2.45) is 0 Å². The monoisotopic (exact) mass is 691 g/mol. The summed E-state index contributed by atoms with van der Waals surface area (Å²) >= 11 is 1.76. The van der Waals surface area contributed by atoms with E-state index < -0.39 is 5.40 Å². The number of hydrogen-bond acceptors (Lipinski definition) is 5. The van der Waals surface area contributed by atoms with Crippen molar-refractivity contribution in [3.8, 4) is 73.3 Å². The van der Waals surface area contributed by atoms with Gasteiger partial charge in [-0.2, -0.15) is 0 Å². The summed E-state index contributed by atoms with van der Waals surface area (Å²) in [6.07, 6.45) is 0. The molecule has 0 atom stereocenters. The predicted molar refractivity (Wildman–Crippen MR) is 219 cm³/mol. The minimum Gasteiger partial charge on any atom is -0.502 e. The van der Waals surface area contributed by atoms with Gasteiger partial charge in [0.15, 0.2) is 17.5 Å². The minimum atomic E-state index is -1.45. The Morgan fingerprint density at radius 2 is 0.981 bits per heavy atom. The van der Waals surface area contributed by atoms with Crippen molar-refractivity contribution in [2.45, 2.75) is 5.40 Å². The van der Waals surface area contributed by atoms with Crippen molar-refractivity contribution >= 4 is 47.2 Å².